The number of likely N-dealkylation sites (N-methyl/N-ethyl adjacent to an activating group) is 2. The van der Waals surface area contributed by atoms with Crippen molar-refractivity contribution in [2.75, 3.05) is 46.3 Å². The molecule has 0 bridgehead atoms. The van der Waals surface area contributed by atoms with Gasteiger partial charge in [0.1, 0.15) is 0 Å². The lowest BCUT2D eigenvalue weighted by atomic mass is 10.2. The van der Waals surface area contributed by atoms with Gasteiger partial charge in [-0.25, -0.2) is 0 Å². The van der Waals surface area contributed by atoms with E-state index < -0.39 is 10.2 Å². The number of hydrogen-bond donors (Lipinski definition) is 0. The summed E-state index contributed by atoms with van der Waals surface area (Å²) in [5, 5.41) is 0. The molecule has 0 aromatic heterocycles. The predicted molar refractivity (Wildman–Crippen MR) is 79.3 cm³/mol. The maximum atomic E-state index is 12.5. The molecule has 6 heteroatoms. The van der Waals surface area contributed by atoms with Gasteiger partial charge < -0.3 is 4.90 Å². The molecule has 0 N–H and O–H groups in total. The van der Waals surface area contributed by atoms with Crippen molar-refractivity contribution >= 4 is 10.2 Å². The summed E-state index contributed by atoms with van der Waals surface area (Å²) in [7, 11) is -1.30. The lowest BCUT2D eigenvalue weighted by Gasteiger charge is -2.32. The molecule has 112 valence electrons. The Hall–Kier alpha value is -0.430. The van der Waals surface area contributed by atoms with Gasteiger partial charge in [-0.15, -0.1) is 6.58 Å². The normalized spacial score (nSPS) is 18.1. The maximum absolute atomic E-state index is 12.5. The van der Waals surface area contributed by atoms with Crippen molar-refractivity contribution in [2.24, 2.45) is 0 Å². The van der Waals surface area contributed by atoms with Crippen molar-refractivity contribution < 1.29 is 8.42 Å². The highest BCUT2D eigenvalue weighted by molar-refractivity contribution is 7.86. The molecule has 0 spiro atoms. The van der Waals surface area contributed by atoms with E-state index in [1.807, 2.05) is 20.0 Å². The summed E-state index contributed by atoms with van der Waals surface area (Å²) in [6.45, 7) is 9.50. The number of nitrogens with zero attached hydrogens (tertiary/aromatic N) is 3. The van der Waals surface area contributed by atoms with Crippen molar-refractivity contribution in [2.45, 2.75) is 26.2 Å². The molecule has 1 aliphatic rings. The fourth-order valence-corrected chi connectivity index (χ4v) is 3.97. The van der Waals surface area contributed by atoms with Gasteiger partial charge in [0.05, 0.1) is 0 Å². The zero-order chi connectivity index (χ0) is 14.3. The molecule has 1 saturated heterocycles. The van der Waals surface area contributed by atoms with Gasteiger partial charge in [0, 0.05) is 39.3 Å². The lowest BCUT2D eigenvalue weighted by molar-refractivity contribution is 0.282. The first kappa shape index (κ1) is 16.6. The zero-order valence-corrected chi connectivity index (χ0v) is 13.0. The number of hydrogen-bond acceptors (Lipinski definition) is 3. The van der Waals surface area contributed by atoms with Crippen molar-refractivity contribution in [3.63, 3.8) is 0 Å². The molecule has 1 rings (SSSR count). The summed E-state index contributed by atoms with van der Waals surface area (Å²) >= 11 is 0. The topological polar surface area (TPSA) is 43.9 Å². The van der Waals surface area contributed by atoms with Crippen LogP contribution in [0.4, 0.5) is 0 Å². The summed E-state index contributed by atoms with van der Waals surface area (Å²) in [5.41, 5.74) is 0. The fraction of sp³-hybridized carbons (Fsp3) is 0.846. The summed E-state index contributed by atoms with van der Waals surface area (Å²) in [6.07, 6.45) is 4.93. The average molecular weight is 289 g/mol. The quantitative estimate of drug-likeness (QED) is 0.630. The van der Waals surface area contributed by atoms with Gasteiger partial charge in [-0.2, -0.15) is 17.0 Å². The van der Waals surface area contributed by atoms with E-state index in [9.17, 15) is 8.42 Å². The average Bonchev–Trinajstić information content (AvgIpc) is 2.40. The van der Waals surface area contributed by atoms with Gasteiger partial charge in [0.25, 0.3) is 10.2 Å². The van der Waals surface area contributed by atoms with E-state index in [2.05, 4.69) is 11.5 Å². The third-order valence-electron chi connectivity index (χ3n) is 3.49. The van der Waals surface area contributed by atoms with Crippen LogP contribution in [0.15, 0.2) is 12.7 Å². The minimum atomic E-state index is -3.27. The molecule has 1 aliphatic heterocycles. The molecule has 0 aromatic rings. The molecule has 0 amide bonds. The van der Waals surface area contributed by atoms with E-state index in [1.54, 1.807) is 8.61 Å². The van der Waals surface area contributed by atoms with E-state index in [0.29, 0.717) is 26.2 Å². The van der Waals surface area contributed by atoms with Crippen LogP contribution in [0.3, 0.4) is 0 Å². The van der Waals surface area contributed by atoms with Crippen molar-refractivity contribution in [3.05, 3.63) is 12.7 Å². The Morgan fingerprint density at radius 3 is 2.37 bits per heavy atom. The third kappa shape index (κ3) is 4.87. The summed E-state index contributed by atoms with van der Waals surface area (Å²) < 4.78 is 28.2. The van der Waals surface area contributed by atoms with Crippen LogP contribution in [0.1, 0.15) is 26.2 Å². The first-order valence-corrected chi connectivity index (χ1v) is 8.46. The first-order chi connectivity index (χ1) is 9.02. The van der Waals surface area contributed by atoms with Crippen molar-refractivity contribution in [1.29, 1.82) is 0 Å². The lowest BCUT2D eigenvalue weighted by Crippen LogP contribution is -2.47. The number of piperidine rings is 1. The third-order valence-corrected chi connectivity index (χ3v) is 5.60. The summed E-state index contributed by atoms with van der Waals surface area (Å²) in [4.78, 5) is 2.07. The Bertz CT molecular complexity index is 364. The predicted octanol–water partition coefficient (Wildman–Crippen LogP) is 1.16. The molecule has 0 radical (unpaired) electrons. The molecule has 0 aromatic carbocycles. The SMILES string of the molecule is C=CCN(C)CCN(CC)S(=O)(=O)N1CCCCC1. The van der Waals surface area contributed by atoms with Crippen LogP contribution in [0.2, 0.25) is 0 Å². The number of rotatable bonds is 8. The van der Waals surface area contributed by atoms with Crippen LogP contribution in [0.5, 0.6) is 0 Å². The van der Waals surface area contributed by atoms with E-state index in [1.165, 1.54) is 0 Å². The molecule has 5 nitrogen and oxygen atoms in total. The highest BCUT2D eigenvalue weighted by atomic mass is 32.2. The zero-order valence-electron chi connectivity index (χ0n) is 12.2. The largest absolute Gasteiger partial charge is 0.301 e. The van der Waals surface area contributed by atoms with Crippen LogP contribution < -0.4 is 0 Å². The second-order valence-electron chi connectivity index (χ2n) is 5.01. The Morgan fingerprint density at radius 1 is 1.21 bits per heavy atom. The second kappa shape index (κ2) is 7.99. The van der Waals surface area contributed by atoms with Crippen LogP contribution >= 0.6 is 0 Å². The van der Waals surface area contributed by atoms with E-state index in [4.69, 9.17) is 0 Å². The minimum absolute atomic E-state index is 0.529. The van der Waals surface area contributed by atoms with Crippen molar-refractivity contribution in [1.82, 2.24) is 13.5 Å². The highest BCUT2D eigenvalue weighted by Gasteiger charge is 2.29. The molecular weight excluding hydrogens is 262 g/mol. The Balaban J connectivity index is 2.58. The maximum Gasteiger partial charge on any atom is 0.282 e. The Labute approximate surface area is 118 Å². The van der Waals surface area contributed by atoms with E-state index in [-0.39, 0.29) is 0 Å². The second-order valence-corrected chi connectivity index (χ2v) is 6.94. The Kier molecular flexibility index (Phi) is 6.99. The smallest absolute Gasteiger partial charge is 0.282 e. The summed E-state index contributed by atoms with van der Waals surface area (Å²) in [5.74, 6) is 0. The van der Waals surface area contributed by atoms with Crippen LogP contribution in [0, 0.1) is 0 Å². The molecule has 1 heterocycles. The van der Waals surface area contributed by atoms with Gasteiger partial charge in [-0.3, -0.25) is 0 Å². The molecule has 1 fully saturated rings. The van der Waals surface area contributed by atoms with Crippen molar-refractivity contribution in [3.8, 4) is 0 Å². The van der Waals surface area contributed by atoms with Gasteiger partial charge in [0.15, 0.2) is 0 Å². The minimum Gasteiger partial charge on any atom is -0.301 e. The molecule has 0 unspecified atom stereocenters. The van der Waals surface area contributed by atoms with E-state index >= 15 is 0 Å². The van der Waals surface area contributed by atoms with Gasteiger partial charge in [-0.1, -0.05) is 19.4 Å². The summed E-state index contributed by atoms with van der Waals surface area (Å²) in [6, 6.07) is 0. The molecular formula is C13H27N3O2S. The van der Waals surface area contributed by atoms with Crippen LogP contribution in [-0.2, 0) is 10.2 Å². The van der Waals surface area contributed by atoms with Gasteiger partial charge in [-0.05, 0) is 19.9 Å². The fourth-order valence-electron chi connectivity index (χ4n) is 2.29. The van der Waals surface area contributed by atoms with Crippen LogP contribution in [-0.4, -0.2) is 68.2 Å². The Morgan fingerprint density at radius 2 is 1.84 bits per heavy atom. The standard InChI is InChI=1S/C13H27N3O2S/c1-4-9-14(3)12-13-15(5-2)19(17,18)16-10-7-6-8-11-16/h4H,1,5-13H2,2-3H3. The van der Waals surface area contributed by atoms with Gasteiger partial charge in [0.2, 0.25) is 0 Å². The molecule has 0 atom stereocenters. The molecule has 0 aliphatic carbocycles. The highest BCUT2D eigenvalue weighted by Crippen LogP contribution is 2.16. The molecule has 0 saturated carbocycles. The first-order valence-electron chi connectivity index (χ1n) is 7.07. The monoisotopic (exact) mass is 289 g/mol. The molecule has 19 heavy (non-hydrogen) atoms. The van der Waals surface area contributed by atoms with Gasteiger partial charge >= 0.3 is 0 Å². The van der Waals surface area contributed by atoms with E-state index in [0.717, 1.165) is 32.4 Å². The van der Waals surface area contributed by atoms with Crippen LogP contribution in [0.25, 0.3) is 0 Å².